The van der Waals surface area contributed by atoms with Gasteiger partial charge in [-0.2, -0.15) is 0 Å². The van der Waals surface area contributed by atoms with Gasteiger partial charge in [0.25, 0.3) is 17.7 Å². The Morgan fingerprint density at radius 3 is 2.18 bits per heavy atom. The minimum Gasteiger partial charge on any atom is -0.350 e. The zero-order valence-electron chi connectivity index (χ0n) is 18.2. The van der Waals surface area contributed by atoms with Gasteiger partial charge in [-0.15, -0.1) is 0 Å². The predicted molar refractivity (Wildman–Crippen MR) is 130 cm³/mol. The Morgan fingerprint density at radius 1 is 0.909 bits per heavy atom. The van der Waals surface area contributed by atoms with E-state index in [4.69, 9.17) is 11.6 Å². The van der Waals surface area contributed by atoms with Crippen LogP contribution in [0.25, 0.3) is 0 Å². The summed E-state index contributed by atoms with van der Waals surface area (Å²) in [4.78, 5) is 41.4. The van der Waals surface area contributed by atoms with E-state index >= 15 is 0 Å². The highest BCUT2D eigenvalue weighted by molar-refractivity contribution is 6.53. The number of hydrogen-bond acceptors (Lipinski definition) is 4. The van der Waals surface area contributed by atoms with Crippen molar-refractivity contribution in [2.75, 3.05) is 21.7 Å². The number of anilines is 3. The van der Waals surface area contributed by atoms with Gasteiger partial charge in [0.15, 0.2) is 0 Å². The van der Waals surface area contributed by atoms with Crippen LogP contribution in [0.1, 0.15) is 22.8 Å². The number of hydrogen-bond donors (Lipinski definition) is 1. The van der Waals surface area contributed by atoms with Crippen molar-refractivity contribution in [2.45, 2.75) is 13.8 Å². The maximum absolute atomic E-state index is 13.0. The second-order valence-electron chi connectivity index (χ2n) is 7.51. The molecule has 0 unspecified atom stereocenters. The Bertz CT molecular complexity index is 1250. The van der Waals surface area contributed by atoms with Crippen LogP contribution in [-0.4, -0.2) is 24.3 Å². The van der Waals surface area contributed by atoms with E-state index in [9.17, 15) is 14.4 Å². The predicted octanol–water partition coefficient (Wildman–Crippen LogP) is 5.10. The molecule has 0 aromatic heterocycles. The highest BCUT2D eigenvalue weighted by Gasteiger charge is 2.39. The molecule has 1 N–H and O–H groups in total. The Labute approximate surface area is 197 Å². The first kappa shape index (κ1) is 22.3. The van der Waals surface area contributed by atoms with Gasteiger partial charge in [0.05, 0.1) is 5.69 Å². The Morgan fingerprint density at radius 2 is 1.55 bits per heavy atom. The molecule has 4 rings (SSSR count). The second-order valence-corrected chi connectivity index (χ2v) is 7.89. The minimum atomic E-state index is -0.577. The van der Waals surface area contributed by atoms with Gasteiger partial charge in [-0.25, -0.2) is 4.90 Å². The molecule has 33 heavy (non-hydrogen) atoms. The summed E-state index contributed by atoms with van der Waals surface area (Å²) in [5.74, 6) is -1.24. The van der Waals surface area contributed by atoms with Crippen molar-refractivity contribution in [1.82, 2.24) is 0 Å². The number of para-hydroxylation sites is 2. The summed E-state index contributed by atoms with van der Waals surface area (Å²) in [7, 11) is 0. The maximum atomic E-state index is 13.0. The number of nitrogens with zero attached hydrogens (tertiary/aromatic N) is 2. The SMILES string of the molecule is CCN(C(=O)c1ccc(NC2=C(Cl)C(=O)N(c3ccccc3C)C2=O)cc1)c1ccccc1. The molecule has 1 aliphatic heterocycles. The van der Waals surface area contributed by atoms with Crippen molar-refractivity contribution in [1.29, 1.82) is 0 Å². The van der Waals surface area contributed by atoms with E-state index in [1.165, 1.54) is 0 Å². The number of nitrogens with one attached hydrogen (secondary N) is 1. The van der Waals surface area contributed by atoms with Gasteiger partial charge in [-0.3, -0.25) is 14.4 Å². The smallest absolute Gasteiger partial charge is 0.283 e. The minimum absolute atomic E-state index is 0.00321. The zero-order chi connectivity index (χ0) is 23.5. The molecular weight excluding hydrogens is 438 g/mol. The lowest BCUT2D eigenvalue weighted by Gasteiger charge is -2.21. The average Bonchev–Trinajstić information content (AvgIpc) is 3.04. The molecule has 6 nitrogen and oxygen atoms in total. The molecular formula is C26H22ClN3O3. The summed E-state index contributed by atoms with van der Waals surface area (Å²) in [6.07, 6.45) is 0. The van der Waals surface area contributed by atoms with Gasteiger partial charge >= 0.3 is 0 Å². The number of rotatable bonds is 6. The molecule has 3 aromatic rings. The van der Waals surface area contributed by atoms with E-state index in [-0.39, 0.29) is 16.6 Å². The highest BCUT2D eigenvalue weighted by atomic mass is 35.5. The largest absolute Gasteiger partial charge is 0.350 e. The lowest BCUT2D eigenvalue weighted by Crippen LogP contribution is -2.32. The molecule has 0 saturated heterocycles. The molecule has 3 aromatic carbocycles. The van der Waals surface area contributed by atoms with E-state index < -0.39 is 11.8 Å². The number of halogens is 1. The Balaban J connectivity index is 1.53. The van der Waals surface area contributed by atoms with Crippen LogP contribution in [0, 0.1) is 6.92 Å². The van der Waals surface area contributed by atoms with Crippen molar-refractivity contribution < 1.29 is 14.4 Å². The lowest BCUT2D eigenvalue weighted by atomic mass is 10.1. The zero-order valence-corrected chi connectivity index (χ0v) is 19.0. The molecule has 0 fully saturated rings. The summed E-state index contributed by atoms with van der Waals surface area (Å²) in [6, 6.07) is 23.2. The van der Waals surface area contributed by atoms with Crippen molar-refractivity contribution in [3.8, 4) is 0 Å². The van der Waals surface area contributed by atoms with Gasteiger partial charge < -0.3 is 10.2 Å². The molecule has 0 atom stereocenters. The van der Waals surface area contributed by atoms with Crippen LogP contribution >= 0.6 is 11.6 Å². The summed E-state index contributed by atoms with van der Waals surface area (Å²) in [5, 5.41) is 2.77. The fourth-order valence-electron chi connectivity index (χ4n) is 3.69. The molecule has 0 saturated carbocycles. The quantitative estimate of drug-likeness (QED) is 0.521. The van der Waals surface area contributed by atoms with Gasteiger partial charge in [0.1, 0.15) is 10.7 Å². The van der Waals surface area contributed by atoms with Gasteiger partial charge in [-0.05, 0) is 61.9 Å². The van der Waals surface area contributed by atoms with E-state index in [2.05, 4.69) is 5.32 Å². The van der Waals surface area contributed by atoms with Crippen molar-refractivity contribution in [2.24, 2.45) is 0 Å². The molecule has 0 aliphatic carbocycles. The van der Waals surface area contributed by atoms with Gasteiger partial charge in [0, 0.05) is 23.5 Å². The molecule has 0 spiro atoms. The maximum Gasteiger partial charge on any atom is 0.283 e. The summed E-state index contributed by atoms with van der Waals surface area (Å²) in [6.45, 7) is 4.26. The third-order valence-electron chi connectivity index (χ3n) is 5.41. The van der Waals surface area contributed by atoms with Crippen LogP contribution in [0.3, 0.4) is 0 Å². The lowest BCUT2D eigenvalue weighted by molar-refractivity contribution is -0.120. The van der Waals surface area contributed by atoms with E-state index in [0.717, 1.165) is 16.2 Å². The first-order valence-electron chi connectivity index (χ1n) is 10.5. The number of imide groups is 1. The molecule has 166 valence electrons. The topological polar surface area (TPSA) is 69.7 Å². The number of carbonyl (C=O) groups is 3. The first-order valence-corrected chi connectivity index (χ1v) is 10.9. The third-order valence-corrected chi connectivity index (χ3v) is 5.76. The molecule has 7 heteroatoms. The Kier molecular flexibility index (Phi) is 6.29. The standard InChI is InChI=1S/C26H22ClN3O3/c1-3-29(20-10-5-4-6-11-20)24(31)18-13-15-19(16-14-18)28-23-22(27)25(32)30(26(23)33)21-12-8-7-9-17(21)2/h4-16,28H,3H2,1-2H3. The van der Waals surface area contributed by atoms with Crippen LogP contribution in [0.2, 0.25) is 0 Å². The van der Waals surface area contributed by atoms with Crippen LogP contribution in [0.4, 0.5) is 17.1 Å². The number of carbonyl (C=O) groups excluding carboxylic acids is 3. The number of aryl methyl sites for hydroxylation is 1. The van der Waals surface area contributed by atoms with E-state index in [0.29, 0.717) is 23.5 Å². The third kappa shape index (κ3) is 4.25. The molecule has 3 amide bonds. The van der Waals surface area contributed by atoms with E-state index in [1.807, 2.05) is 56.3 Å². The normalized spacial score (nSPS) is 13.5. The Hall–Kier alpha value is -3.90. The van der Waals surface area contributed by atoms with Gasteiger partial charge in [0.2, 0.25) is 0 Å². The van der Waals surface area contributed by atoms with Crippen LogP contribution < -0.4 is 15.1 Å². The highest BCUT2D eigenvalue weighted by Crippen LogP contribution is 2.32. The molecule has 0 bridgehead atoms. The van der Waals surface area contributed by atoms with Crippen molar-refractivity contribution >= 4 is 46.4 Å². The molecule has 0 radical (unpaired) electrons. The summed E-state index contributed by atoms with van der Waals surface area (Å²) in [5.41, 5.74) is 3.13. The first-order chi connectivity index (χ1) is 15.9. The van der Waals surface area contributed by atoms with E-state index in [1.54, 1.807) is 41.3 Å². The average molecular weight is 460 g/mol. The fraction of sp³-hybridized carbons (Fsp3) is 0.115. The molecule has 1 heterocycles. The van der Waals surface area contributed by atoms with Crippen LogP contribution in [0.5, 0.6) is 0 Å². The number of amides is 3. The molecule has 1 aliphatic rings. The summed E-state index contributed by atoms with van der Waals surface area (Å²) >= 11 is 6.22. The van der Waals surface area contributed by atoms with Crippen molar-refractivity contribution in [3.63, 3.8) is 0 Å². The van der Waals surface area contributed by atoms with Crippen molar-refractivity contribution in [3.05, 3.63) is 101 Å². The summed E-state index contributed by atoms with van der Waals surface area (Å²) < 4.78 is 0. The monoisotopic (exact) mass is 459 g/mol. The second kappa shape index (κ2) is 9.30. The van der Waals surface area contributed by atoms with Crippen LogP contribution in [-0.2, 0) is 9.59 Å². The number of benzene rings is 3. The van der Waals surface area contributed by atoms with Gasteiger partial charge in [-0.1, -0.05) is 48.0 Å². The fourth-order valence-corrected chi connectivity index (χ4v) is 3.90. The van der Waals surface area contributed by atoms with Crippen LogP contribution in [0.15, 0.2) is 89.6 Å².